The van der Waals surface area contributed by atoms with Crippen LogP contribution in [0.2, 0.25) is 0 Å². The number of rotatable bonds is 33. The van der Waals surface area contributed by atoms with Crippen LogP contribution in [0.4, 0.5) is 0 Å². The van der Waals surface area contributed by atoms with Crippen LogP contribution >= 0.6 is 0 Å². The smallest absolute Gasteiger partial charge is 0.0934 e. The Morgan fingerprint density at radius 2 is 0.844 bits per heavy atom. The molecule has 3 nitrogen and oxygen atoms in total. The first-order valence-electron chi connectivity index (χ1n) is 18.4. The van der Waals surface area contributed by atoms with Gasteiger partial charge in [0.05, 0.1) is 12.7 Å². The summed E-state index contributed by atoms with van der Waals surface area (Å²) < 4.78 is 12.2. The van der Waals surface area contributed by atoms with Crippen molar-refractivity contribution in [1.82, 2.24) is 4.90 Å². The zero-order valence-electron chi connectivity index (χ0n) is 29.7. The van der Waals surface area contributed by atoms with Crippen molar-refractivity contribution in [3.05, 3.63) is 72.9 Å². The van der Waals surface area contributed by atoms with Crippen LogP contribution in [0, 0.1) is 0 Å². The Labute approximate surface area is 283 Å². The number of ether oxygens (including phenoxy) is 2. The van der Waals surface area contributed by atoms with Crippen LogP contribution in [0.1, 0.15) is 150 Å². The fourth-order valence-corrected chi connectivity index (χ4v) is 4.79. The van der Waals surface area contributed by atoms with Gasteiger partial charge in [0.1, 0.15) is 0 Å². The lowest BCUT2D eigenvalue weighted by atomic mass is 10.2. The maximum absolute atomic E-state index is 6.19. The summed E-state index contributed by atoms with van der Waals surface area (Å²) >= 11 is 0. The lowest BCUT2D eigenvalue weighted by Crippen LogP contribution is -2.32. The van der Waals surface area contributed by atoms with Crippen molar-refractivity contribution in [3.8, 4) is 0 Å². The molecule has 1 unspecified atom stereocenters. The van der Waals surface area contributed by atoms with Gasteiger partial charge in [-0.05, 0) is 104 Å². The molecule has 0 amide bonds. The lowest BCUT2D eigenvalue weighted by molar-refractivity contribution is -0.0287. The number of hydrogen-bond donors (Lipinski definition) is 0. The molecule has 0 heterocycles. The molecule has 0 aromatic heterocycles. The van der Waals surface area contributed by atoms with Crippen LogP contribution < -0.4 is 0 Å². The maximum atomic E-state index is 6.19. The molecule has 0 bridgehead atoms. The highest BCUT2D eigenvalue weighted by Crippen LogP contribution is 2.07. The zero-order chi connectivity index (χ0) is 32.0. The average molecular weight is 628 g/mol. The third kappa shape index (κ3) is 40.3. The van der Waals surface area contributed by atoms with E-state index in [1.807, 2.05) is 0 Å². The van der Waals surface area contributed by atoms with Crippen molar-refractivity contribution in [3.63, 3.8) is 0 Å². The van der Waals surface area contributed by atoms with Crippen LogP contribution in [-0.4, -0.2) is 51.5 Å². The van der Waals surface area contributed by atoms with Crippen molar-refractivity contribution in [1.29, 1.82) is 0 Å². The molecule has 0 aromatic carbocycles. The van der Waals surface area contributed by atoms with Gasteiger partial charge >= 0.3 is 0 Å². The molecule has 45 heavy (non-hydrogen) atoms. The van der Waals surface area contributed by atoms with Gasteiger partial charge in [-0.3, -0.25) is 0 Å². The van der Waals surface area contributed by atoms with E-state index in [-0.39, 0.29) is 13.5 Å². The molecule has 0 aliphatic carbocycles. The van der Waals surface area contributed by atoms with Crippen LogP contribution in [-0.2, 0) is 9.47 Å². The van der Waals surface area contributed by atoms with E-state index in [2.05, 4.69) is 106 Å². The third-order valence-electron chi connectivity index (χ3n) is 7.44. The molecule has 0 aromatic rings. The number of likely N-dealkylation sites (N-methyl/N-ethyl adjacent to an activating group) is 1. The summed E-state index contributed by atoms with van der Waals surface area (Å²) in [7, 11) is 4.22. The Balaban J connectivity index is 0. The highest BCUT2D eigenvalue weighted by Gasteiger charge is 2.10. The minimum absolute atomic E-state index is 0. The van der Waals surface area contributed by atoms with Crippen molar-refractivity contribution in [2.45, 2.75) is 156 Å². The summed E-state index contributed by atoms with van der Waals surface area (Å²) in [6.45, 7) is 7.79. The minimum atomic E-state index is 0. The van der Waals surface area contributed by atoms with E-state index < -0.39 is 0 Å². The zero-order valence-corrected chi connectivity index (χ0v) is 29.7. The molecular weight excluding hydrogens is 550 g/mol. The SMILES string of the molecule is C.CCCCC/C=C\C/C=C\C/C=C\CCCCCOCC(CN(C)C)OCCCCC/C=C\C/C=C\C/C=C\CCCCC. The topological polar surface area (TPSA) is 21.7 Å². The molecule has 0 saturated carbocycles. The first-order chi connectivity index (χ1) is 21.7. The maximum Gasteiger partial charge on any atom is 0.0934 e. The summed E-state index contributed by atoms with van der Waals surface area (Å²) in [6.07, 6.45) is 51.9. The fourth-order valence-electron chi connectivity index (χ4n) is 4.79. The van der Waals surface area contributed by atoms with Crippen LogP contribution in [0.3, 0.4) is 0 Å². The van der Waals surface area contributed by atoms with Gasteiger partial charge in [0.2, 0.25) is 0 Å². The highest BCUT2D eigenvalue weighted by atomic mass is 16.5. The standard InChI is InChI=1S/C41H73NO2.CH4/c1-5-7-9-11-13-15-17-19-21-23-25-27-29-31-33-35-37-43-40-41(39-42(3)4)44-38-36-34-32-30-28-26-24-22-20-18-16-14-12-10-8-6-2;/h13-16,19-22,25-28,41H,5-12,17-18,23-24,29-40H2,1-4H3;1H4/b15-13-,16-14-,21-19-,22-20-,27-25-,28-26-;. The van der Waals surface area contributed by atoms with E-state index in [1.165, 1.54) is 89.9 Å². The molecule has 0 radical (unpaired) electrons. The Hall–Kier alpha value is -1.68. The summed E-state index contributed by atoms with van der Waals surface area (Å²) in [5, 5.41) is 0. The van der Waals surface area contributed by atoms with Crippen LogP contribution in [0.15, 0.2) is 72.9 Å². The molecule has 0 spiro atoms. The molecule has 0 rings (SSSR count). The molecular formula is C42H77NO2. The van der Waals surface area contributed by atoms with Crippen molar-refractivity contribution in [2.75, 3.05) is 40.5 Å². The number of allylic oxidation sites excluding steroid dienone is 12. The number of hydrogen-bond acceptors (Lipinski definition) is 3. The van der Waals surface area contributed by atoms with Gasteiger partial charge in [0, 0.05) is 19.8 Å². The second-order valence-corrected chi connectivity index (χ2v) is 12.3. The number of unbranched alkanes of at least 4 members (excludes halogenated alkanes) is 12. The van der Waals surface area contributed by atoms with Crippen molar-refractivity contribution < 1.29 is 9.47 Å². The van der Waals surface area contributed by atoms with Gasteiger partial charge in [-0.25, -0.2) is 0 Å². The first-order valence-corrected chi connectivity index (χ1v) is 18.4. The lowest BCUT2D eigenvalue weighted by Gasteiger charge is -2.21. The molecule has 0 saturated heterocycles. The molecule has 3 heteroatoms. The van der Waals surface area contributed by atoms with Gasteiger partial charge in [0.25, 0.3) is 0 Å². The molecule has 0 fully saturated rings. The van der Waals surface area contributed by atoms with Gasteiger partial charge in [-0.1, -0.05) is 133 Å². The van der Waals surface area contributed by atoms with Gasteiger partial charge in [-0.2, -0.15) is 0 Å². The molecule has 1 atom stereocenters. The van der Waals surface area contributed by atoms with Gasteiger partial charge in [0.15, 0.2) is 0 Å². The van der Waals surface area contributed by atoms with Crippen molar-refractivity contribution in [2.24, 2.45) is 0 Å². The summed E-state index contributed by atoms with van der Waals surface area (Å²) in [6, 6.07) is 0. The highest BCUT2D eigenvalue weighted by molar-refractivity contribution is 4.98. The monoisotopic (exact) mass is 628 g/mol. The molecule has 262 valence electrons. The Morgan fingerprint density at radius 3 is 1.24 bits per heavy atom. The Kier molecular flexibility index (Phi) is 40.7. The van der Waals surface area contributed by atoms with Crippen LogP contribution in [0.25, 0.3) is 0 Å². The fraction of sp³-hybridized carbons (Fsp3) is 0.714. The Bertz CT molecular complexity index is 731. The van der Waals surface area contributed by atoms with Gasteiger partial charge < -0.3 is 14.4 Å². The van der Waals surface area contributed by atoms with E-state index in [4.69, 9.17) is 9.47 Å². The second-order valence-electron chi connectivity index (χ2n) is 12.3. The second kappa shape index (κ2) is 40.3. The third-order valence-corrected chi connectivity index (χ3v) is 7.44. The number of nitrogens with zero attached hydrogens (tertiary/aromatic N) is 1. The van der Waals surface area contributed by atoms with E-state index in [9.17, 15) is 0 Å². The normalized spacial score (nSPS) is 13.3. The van der Waals surface area contributed by atoms with E-state index in [0.717, 1.165) is 58.3 Å². The Morgan fingerprint density at radius 1 is 0.467 bits per heavy atom. The van der Waals surface area contributed by atoms with Crippen LogP contribution in [0.5, 0.6) is 0 Å². The largest absolute Gasteiger partial charge is 0.379 e. The van der Waals surface area contributed by atoms with E-state index in [0.29, 0.717) is 6.61 Å². The quantitative estimate of drug-likeness (QED) is 0.0534. The van der Waals surface area contributed by atoms with Gasteiger partial charge in [-0.15, -0.1) is 0 Å². The predicted octanol–water partition coefficient (Wildman–Crippen LogP) is 12.8. The summed E-state index contributed by atoms with van der Waals surface area (Å²) in [4.78, 5) is 2.20. The van der Waals surface area contributed by atoms with E-state index in [1.54, 1.807) is 0 Å². The van der Waals surface area contributed by atoms with Crippen molar-refractivity contribution >= 4 is 0 Å². The molecule has 0 aliphatic heterocycles. The molecule has 0 N–H and O–H groups in total. The molecule has 0 aliphatic rings. The summed E-state index contributed by atoms with van der Waals surface area (Å²) in [5.74, 6) is 0. The predicted molar refractivity (Wildman–Crippen MR) is 204 cm³/mol. The first kappa shape index (κ1) is 45.4. The minimum Gasteiger partial charge on any atom is -0.379 e. The van der Waals surface area contributed by atoms with E-state index >= 15 is 0 Å². The average Bonchev–Trinajstić information content (AvgIpc) is 3.01. The summed E-state index contributed by atoms with van der Waals surface area (Å²) in [5.41, 5.74) is 0.